The Morgan fingerprint density at radius 2 is 1.41 bits per heavy atom. The van der Waals surface area contributed by atoms with Gasteiger partial charge < -0.3 is 19.9 Å². The summed E-state index contributed by atoms with van der Waals surface area (Å²) in [5, 5.41) is 3.29. The second-order valence-electron chi connectivity index (χ2n) is 5.09. The van der Waals surface area contributed by atoms with E-state index in [0.29, 0.717) is 38.2 Å². The molecular formula is C12H17Cl3N6O. The molecule has 0 atom stereocenters. The topological polar surface area (TPSA) is 66.4 Å². The third-order valence-electron chi connectivity index (χ3n) is 3.56. The molecule has 122 valence electrons. The summed E-state index contributed by atoms with van der Waals surface area (Å²) in [6.45, 7) is 6.07. The number of hydrogen-bond acceptors (Lipinski definition) is 7. The van der Waals surface area contributed by atoms with Crippen molar-refractivity contribution in [2.75, 3.05) is 62.3 Å². The van der Waals surface area contributed by atoms with Gasteiger partial charge in [-0.05, 0) is 0 Å². The number of rotatable bonds is 2. The van der Waals surface area contributed by atoms with E-state index in [-0.39, 0.29) is 5.82 Å². The molecule has 2 aliphatic rings. The summed E-state index contributed by atoms with van der Waals surface area (Å²) in [5.74, 6) is 1.25. The zero-order chi connectivity index (χ0) is 15.6. The number of morpholine rings is 1. The molecule has 1 aromatic rings. The van der Waals surface area contributed by atoms with Crippen LogP contribution in [0.4, 0.5) is 11.9 Å². The Kier molecular flexibility index (Phi) is 5.09. The Hall–Kier alpha value is -0.600. The van der Waals surface area contributed by atoms with Crippen LogP contribution < -0.4 is 15.1 Å². The van der Waals surface area contributed by atoms with Crippen LogP contribution in [-0.2, 0) is 8.53 Å². The van der Waals surface area contributed by atoms with Crippen LogP contribution in [0.1, 0.15) is 5.82 Å². The van der Waals surface area contributed by atoms with Gasteiger partial charge in [-0.3, -0.25) is 0 Å². The van der Waals surface area contributed by atoms with E-state index in [9.17, 15) is 0 Å². The van der Waals surface area contributed by atoms with Gasteiger partial charge in [0.2, 0.25) is 15.7 Å². The molecule has 2 saturated heterocycles. The lowest BCUT2D eigenvalue weighted by atomic mass is 10.4. The zero-order valence-corrected chi connectivity index (χ0v) is 14.2. The quantitative estimate of drug-likeness (QED) is 0.780. The molecule has 0 aromatic carbocycles. The molecule has 3 heterocycles. The smallest absolute Gasteiger partial charge is 0.250 e. The summed E-state index contributed by atoms with van der Waals surface area (Å²) in [5.41, 5.74) is 0. The summed E-state index contributed by atoms with van der Waals surface area (Å²) in [7, 11) is 0. The molecule has 0 unspecified atom stereocenters. The maximum absolute atomic E-state index is 5.98. The number of nitrogens with zero attached hydrogens (tertiary/aromatic N) is 5. The fourth-order valence-corrected chi connectivity index (χ4v) is 2.65. The lowest BCUT2D eigenvalue weighted by Crippen LogP contribution is -2.45. The number of ether oxygens (including phenoxy) is 1. The molecular weight excluding hydrogens is 351 g/mol. The number of hydrogen-bond donors (Lipinski definition) is 1. The normalized spacial score (nSPS) is 20.3. The van der Waals surface area contributed by atoms with Crippen LogP contribution in [0.2, 0.25) is 0 Å². The largest absolute Gasteiger partial charge is 0.378 e. The Labute approximate surface area is 143 Å². The van der Waals surface area contributed by atoms with Crippen molar-refractivity contribution in [2.45, 2.75) is 3.79 Å². The van der Waals surface area contributed by atoms with Gasteiger partial charge in [0, 0.05) is 39.3 Å². The monoisotopic (exact) mass is 366 g/mol. The third kappa shape index (κ3) is 3.83. The Bertz CT molecular complexity index is 478. The number of aromatic nitrogens is 3. The molecule has 0 amide bonds. The third-order valence-corrected chi connectivity index (χ3v) is 4.07. The first-order chi connectivity index (χ1) is 10.5. The number of halogens is 3. The van der Waals surface area contributed by atoms with Crippen molar-refractivity contribution in [1.82, 2.24) is 20.3 Å². The van der Waals surface area contributed by atoms with Gasteiger partial charge in [0.25, 0.3) is 0 Å². The maximum atomic E-state index is 5.98. The second kappa shape index (κ2) is 6.88. The van der Waals surface area contributed by atoms with Crippen LogP contribution in [0.3, 0.4) is 0 Å². The van der Waals surface area contributed by atoms with Crippen LogP contribution in [0.25, 0.3) is 0 Å². The number of piperazine rings is 1. The van der Waals surface area contributed by atoms with Crippen molar-refractivity contribution in [3.63, 3.8) is 0 Å². The van der Waals surface area contributed by atoms with E-state index in [0.717, 1.165) is 26.2 Å². The van der Waals surface area contributed by atoms with Crippen molar-refractivity contribution in [2.24, 2.45) is 0 Å². The summed E-state index contributed by atoms with van der Waals surface area (Å²) >= 11 is 18.0. The first-order valence-electron chi connectivity index (χ1n) is 7.16. The highest BCUT2D eigenvalue weighted by Gasteiger charge is 2.30. The van der Waals surface area contributed by atoms with Crippen molar-refractivity contribution < 1.29 is 4.74 Å². The number of anilines is 2. The van der Waals surface area contributed by atoms with Gasteiger partial charge in [-0.2, -0.15) is 15.0 Å². The summed E-state index contributed by atoms with van der Waals surface area (Å²) in [6, 6.07) is 0. The summed E-state index contributed by atoms with van der Waals surface area (Å²) in [6.07, 6.45) is 0. The second-order valence-corrected chi connectivity index (χ2v) is 7.37. The minimum atomic E-state index is -1.67. The molecule has 0 spiro atoms. The summed E-state index contributed by atoms with van der Waals surface area (Å²) < 4.78 is 3.68. The standard InChI is InChI=1S/C12H17Cl3N6O/c13-12(14,15)9-17-10(20-3-1-16-2-4-20)19-11(18-9)21-5-7-22-8-6-21/h16H,1-8H2. The Morgan fingerprint density at radius 3 is 1.95 bits per heavy atom. The average Bonchev–Trinajstić information content (AvgIpc) is 2.55. The van der Waals surface area contributed by atoms with Crippen LogP contribution in [0.15, 0.2) is 0 Å². The van der Waals surface area contributed by atoms with E-state index in [1.54, 1.807) is 0 Å². The highest BCUT2D eigenvalue weighted by atomic mass is 35.6. The lowest BCUT2D eigenvalue weighted by Gasteiger charge is -2.31. The highest BCUT2D eigenvalue weighted by molar-refractivity contribution is 6.66. The summed E-state index contributed by atoms with van der Waals surface area (Å²) in [4.78, 5) is 17.3. The molecule has 7 nitrogen and oxygen atoms in total. The molecule has 0 bridgehead atoms. The van der Waals surface area contributed by atoms with E-state index in [1.165, 1.54) is 0 Å². The van der Waals surface area contributed by atoms with Crippen molar-refractivity contribution >= 4 is 46.7 Å². The molecule has 3 rings (SSSR count). The molecule has 1 aromatic heterocycles. The van der Waals surface area contributed by atoms with Crippen molar-refractivity contribution in [1.29, 1.82) is 0 Å². The van der Waals surface area contributed by atoms with Crippen LogP contribution in [0, 0.1) is 0 Å². The van der Waals surface area contributed by atoms with Crippen molar-refractivity contribution in [3.05, 3.63) is 5.82 Å². The first kappa shape index (κ1) is 16.3. The maximum Gasteiger partial charge on any atom is 0.250 e. The van der Waals surface area contributed by atoms with Gasteiger partial charge in [-0.15, -0.1) is 0 Å². The molecule has 10 heteroatoms. The average molecular weight is 368 g/mol. The number of nitrogens with one attached hydrogen (secondary N) is 1. The first-order valence-corrected chi connectivity index (χ1v) is 8.29. The molecule has 0 radical (unpaired) electrons. The highest BCUT2D eigenvalue weighted by Crippen LogP contribution is 2.37. The van der Waals surface area contributed by atoms with Gasteiger partial charge >= 0.3 is 0 Å². The van der Waals surface area contributed by atoms with Crippen molar-refractivity contribution in [3.8, 4) is 0 Å². The minimum Gasteiger partial charge on any atom is -0.378 e. The number of alkyl halides is 3. The SMILES string of the molecule is ClC(Cl)(Cl)c1nc(N2CCNCC2)nc(N2CCOCC2)n1. The van der Waals surface area contributed by atoms with E-state index >= 15 is 0 Å². The predicted octanol–water partition coefficient (Wildman–Crippen LogP) is 0.944. The van der Waals surface area contributed by atoms with Crippen LogP contribution in [0.5, 0.6) is 0 Å². The van der Waals surface area contributed by atoms with E-state index in [1.807, 2.05) is 4.90 Å². The van der Waals surface area contributed by atoms with E-state index < -0.39 is 3.79 Å². The van der Waals surface area contributed by atoms with Gasteiger partial charge in [-0.25, -0.2) is 0 Å². The van der Waals surface area contributed by atoms with E-state index in [4.69, 9.17) is 39.5 Å². The fraction of sp³-hybridized carbons (Fsp3) is 0.750. The zero-order valence-electron chi connectivity index (χ0n) is 11.9. The van der Waals surface area contributed by atoms with Crippen LogP contribution in [-0.4, -0.2) is 67.4 Å². The van der Waals surface area contributed by atoms with Gasteiger partial charge in [0.15, 0.2) is 5.82 Å². The van der Waals surface area contributed by atoms with Gasteiger partial charge in [0.1, 0.15) is 0 Å². The fourth-order valence-electron chi connectivity index (χ4n) is 2.39. The molecule has 2 aliphatic heterocycles. The van der Waals surface area contributed by atoms with Gasteiger partial charge in [0.05, 0.1) is 13.2 Å². The Balaban J connectivity index is 1.93. The Morgan fingerprint density at radius 1 is 0.864 bits per heavy atom. The lowest BCUT2D eigenvalue weighted by molar-refractivity contribution is 0.122. The molecule has 0 aliphatic carbocycles. The van der Waals surface area contributed by atoms with E-state index in [2.05, 4.69) is 25.2 Å². The van der Waals surface area contributed by atoms with Crippen LogP contribution >= 0.6 is 34.8 Å². The molecule has 0 saturated carbocycles. The molecule has 22 heavy (non-hydrogen) atoms. The molecule has 2 fully saturated rings. The predicted molar refractivity (Wildman–Crippen MR) is 87.2 cm³/mol. The van der Waals surface area contributed by atoms with Gasteiger partial charge in [-0.1, -0.05) is 34.8 Å². The minimum absolute atomic E-state index is 0.155. The molecule has 1 N–H and O–H groups in total.